The number of rotatable bonds is 5. The molecule has 0 atom stereocenters. The van der Waals surface area contributed by atoms with E-state index in [1.165, 1.54) is 35.9 Å². The number of methoxy groups -OCH3 is 1. The second-order valence-electron chi connectivity index (χ2n) is 5.18. The fourth-order valence-electron chi connectivity index (χ4n) is 2.26. The fourth-order valence-corrected chi connectivity index (χ4v) is 2.84. The molecule has 1 amide bonds. The highest BCUT2D eigenvalue weighted by Gasteiger charge is 2.26. The van der Waals surface area contributed by atoms with E-state index < -0.39 is 10.8 Å². The van der Waals surface area contributed by atoms with Crippen LogP contribution in [0.5, 0.6) is 5.75 Å². The number of hydrogen-bond acceptors (Lipinski definition) is 5. The highest BCUT2D eigenvalue weighted by Crippen LogP contribution is 2.35. The molecule has 0 spiro atoms. The van der Waals surface area contributed by atoms with Crippen LogP contribution in [0.15, 0.2) is 41.3 Å². The van der Waals surface area contributed by atoms with E-state index in [1.807, 2.05) is 25.3 Å². The lowest BCUT2D eigenvalue weighted by Gasteiger charge is -2.18. The van der Waals surface area contributed by atoms with Gasteiger partial charge in [-0.3, -0.25) is 14.9 Å². The first-order chi connectivity index (χ1) is 11.4. The fraction of sp³-hybridized carbons (Fsp3) is 0.235. The van der Waals surface area contributed by atoms with Gasteiger partial charge < -0.3 is 9.64 Å². The van der Waals surface area contributed by atoms with Gasteiger partial charge in [0, 0.05) is 12.7 Å². The van der Waals surface area contributed by atoms with Gasteiger partial charge in [0.05, 0.1) is 23.0 Å². The molecule has 6 nitrogen and oxygen atoms in total. The van der Waals surface area contributed by atoms with Crippen LogP contribution >= 0.6 is 11.8 Å². The van der Waals surface area contributed by atoms with Crippen LogP contribution in [0.25, 0.3) is 0 Å². The van der Waals surface area contributed by atoms with Gasteiger partial charge >= 0.3 is 0 Å². The summed E-state index contributed by atoms with van der Waals surface area (Å²) in [6.45, 7) is 1.95. The monoisotopic (exact) mass is 346 g/mol. The van der Waals surface area contributed by atoms with Crippen molar-refractivity contribution in [3.63, 3.8) is 0 Å². The van der Waals surface area contributed by atoms with Crippen molar-refractivity contribution in [2.24, 2.45) is 0 Å². The minimum atomic E-state index is -0.567. The van der Waals surface area contributed by atoms with E-state index in [4.69, 9.17) is 4.74 Å². The molecule has 2 aromatic carbocycles. The van der Waals surface area contributed by atoms with Crippen molar-refractivity contribution in [2.75, 3.05) is 25.3 Å². The van der Waals surface area contributed by atoms with E-state index in [0.29, 0.717) is 16.3 Å². The van der Waals surface area contributed by atoms with Crippen LogP contribution in [-0.2, 0) is 0 Å². The van der Waals surface area contributed by atoms with Gasteiger partial charge in [-0.2, -0.15) is 0 Å². The minimum Gasteiger partial charge on any atom is -0.495 e. The summed E-state index contributed by atoms with van der Waals surface area (Å²) in [7, 11) is 3.04. The summed E-state index contributed by atoms with van der Waals surface area (Å²) in [5, 5.41) is 11.4. The Morgan fingerprint density at radius 3 is 2.38 bits per heavy atom. The maximum Gasteiger partial charge on any atom is 0.285 e. The molecule has 7 heteroatoms. The van der Waals surface area contributed by atoms with Gasteiger partial charge in [0.15, 0.2) is 0 Å². The molecule has 2 aromatic rings. The summed E-state index contributed by atoms with van der Waals surface area (Å²) in [4.78, 5) is 25.7. The number of nitro benzene ring substituents is 1. The quantitative estimate of drug-likeness (QED) is 0.466. The summed E-state index contributed by atoms with van der Waals surface area (Å²) in [5.41, 5.74) is 1.50. The highest BCUT2D eigenvalue weighted by atomic mass is 32.2. The van der Waals surface area contributed by atoms with Gasteiger partial charge in [0.25, 0.3) is 11.6 Å². The van der Waals surface area contributed by atoms with Gasteiger partial charge in [-0.05, 0) is 31.4 Å². The van der Waals surface area contributed by atoms with Crippen molar-refractivity contribution in [1.29, 1.82) is 0 Å². The molecule has 0 bridgehead atoms. The Labute approximate surface area is 144 Å². The number of benzene rings is 2. The molecule has 0 saturated carbocycles. The molecule has 0 saturated heterocycles. The number of nitro groups is 1. The first-order valence-corrected chi connectivity index (χ1v) is 8.36. The molecule has 0 radical (unpaired) electrons. The molecular formula is C17H18N2O4S. The van der Waals surface area contributed by atoms with E-state index in [2.05, 4.69) is 0 Å². The first-order valence-electron chi connectivity index (χ1n) is 7.14. The second kappa shape index (κ2) is 7.35. The second-order valence-corrected chi connectivity index (χ2v) is 6.03. The van der Waals surface area contributed by atoms with Crippen LogP contribution in [0, 0.1) is 17.0 Å². The Kier molecular flexibility index (Phi) is 5.46. The van der Waals surface area contributed by atoms with Crippen molar-refractivity contribution in [3.8, 4) is 5.75 Å². The summed E-state index contributed by atoms with van der Waals surface area (Å²) in [5.74, 6) is -0.0627. The van der Waals surface area contributed by atoms with Gasteiger partial charge in [-0.1, -0.05) is 17.7 Å². The number of thioether (sulfide) groups is 1. The van der Waals surface area contributed by atoms with E-state index in [0.717, 1.165) is 5.56 Å². The number of hydrogen-bond donors (Lipinski definition) is 0. The molecule has 24 heavy (non-hydrogen) atoms. The molecule has 0 aliphatic heterocycles. The zero-order chi connectivity index (χ0) is 17.9. The molecule has 0 aromatic heterocycles. The van der Waals surface area contributed by atoms with E-state index >= 15 is 0 Å². The predicted molar refractivity (Wildman–Crippen MR) is 95.3 cm³/mol. The number of nitrogens with zero attached hydrogens (tertiary/aromatic N) is 2. The van der Waals surface area contributed by atoms with Crippen molar-refractivity contribution >= 4 is 29.0 Å². The van der Waals surface area contributed by atoms with E-state index in [-0.39, 0.29) is 11.3 Å². The van der Waals surface area contributed by atoms with Crippen molar-refractivity contribution in [2.45, 2.75) is 11.8 Å². The molecule has 0 fully saturated rings. The van der Waals surface area contributed by atoms with Gasteiger partial charge in [0.1, 0.15) is 11.3 Å². The third-order valence-electron chi connectivity index (χ3n) is 3.65. The molecular weight excluding hydrogens is 328 g/mol. The van der Waals surface area contributed by atoms with Crippen molar-refractivity contribution in [1.82, 2.24) is 0 Å². The molecule has 0 unspecified atom stereocenters. The van der Waals surface area contributed by atoms with Crippen LogP contribution in [0.1, 0.15) is 15.9 Å². The third kappa shape index (κ3) is 3.51. The minimum absolute atomic E-state index is 0.0354. The smallest absolute Gasteiger partial charge is 0.285 e. The van der Waals surface area contributed by atoms with E-state index in [1.54, 1.807) is 19.2 Å². The van der Waals surface area contributed by atoms with Crippen molar-refractivity contribution < 1.29 is 14.5 Å². The maximum absolute atomic E-state index is 12.8. The zero-order valence-electron chi connectivity index (χ0n) is 13.9. The maximum atomic E-state index is 12.8. The first kappa shape index (κ1) is 17.8. The lowest BCUT2D eigenvalue weighted by molar-refractivity contribution is -0.385. The predicted octanol–water partition coefficient (Wildman–Crippen LogP) is 3.91. The van der Waals surface area contributed by atoms with Crippen LogP contribution in [0.2, 0.25) is 0 Å². The molecule has 0 aliphatic rings. The third-order valence-corrected chi connectivity index (χ3v) is 4.41. The summed E-state index contributed by atoms with van der Waals surface area (Å²) < 4.78 is 5.17. The standard InChI is InChI=1S/C17H18N2O4S/c1-11-5-7-12(8-6-11)18(2)17(20)13-9-16(24-4)15(23-3)10-14(13)19(21)22/h5-10H,1-4H3. The van der Waals surface area contributed by atoms with Crippen molar-refractivity contribution in [3.05, 3.63) is 57.6 Å². The molecule has 126 valence electrons. The van der Waals surface area contributed by atoms with Crippen LogP contribution < -0.4 is 9.64 Å². The van der Waals surface area contributed by atoms with Crippen LogP contribution in [0.4, 0.5) is 11.4 Å². The average molecular weight is 346 g/mol. The number of ether oxygens (including phenoxy) is 1. The van der Waals surface area contributed by atoms with Gasteiger partial charge in [0.2, 0.25) is 0 Å². The zero-order valence-corrected chi connectivity index (χ0v) is 14.7. The molecule has 2 rings (SSSR count). The Hall–Kier alpha value is -2.54. The normalized spacial score (nSPS) is 10.3. The lowest BCUT2D eigenvalue weighted by Crippen LogP contribution is -2.27. The summed E-state index contributed by atoms with van der Waals surface area (Å²) in [6, 6.07) is 10.2. The highest BCUT2D eigenvalue weighted by molar-refractivity contribution is 7.98. The Balaban J connectivity index is 2.50. The van der Waals surface area contributed by atoms with Crippen LogP contribution in [0.3, 0.4) is 0 Å². The van der Waals surface area contributed by atoms with Crippen LogP contribution in [-0.4, -0.2) is 31.2 Å². The SMILES string of the molecule is COc1cc([N+](=O)[O-])c(C(=O)N(C)c2ccc(C)cc2)cc1SC. The molecule has 0 aliphatic carbocycles. The Morgan fingerprint density at radius 1 is 1.25 bits per heavy atom. The van der Waals surface area contributed by atoms with E-state index in [9.17, 15) is 14.9 Å². The van der Waals surface area contributed by atoms with Gasteiger partial charge in [-0.25, -0.2) is 0 Å². The molecule has 0 N–H and O–H groups in total. The number of carbonyl (C=O) groups excluding carboxylic acids is 1. The number of anilines is 1. The average Bonchev–Trinajstić information content (AvgIpc) is 2.59. The Morgan fingerprint density at radius 2 is 1.88 bits per heavy atom. The number of amides is 1. The topological polar surface area (TPSA) is 72.7 Å². The number of aryl methyl sites for hydroxylation is 1. The number of carbonyl (C=O) groups is 1. The summed E-state index contributed by atoms with van der Waals surface area (Å²) in [6.07, 6.45) is 1.82. The summed E-state index contributed by atoms with van der Waals surface area (Å²) >= 11 is 1.36. The lowest BCUT2D eigenvalue weighted by atomic mass is 10.1. The molecule has 0 heterocycles. The largest absolute Gasteiger partial charge is 0.495 e. The van der Waals surface area contributed by atoms with Gasteiger partial charge in [-0.15, -0.1) is 11.8 Å². The Bertz CT molecular complexity index is 775.